The minimum Gasteiger partial charge on any atom is -0.478 e. The van der Waals surface area contributed by atoms with Gasteiger partial charge in [0.15, 0.2) is 0 Å². The fourth-order valence-corrected chi connectivity index (χ4v) is 1.89. The number of nitrogens with zero attached hydrogens (tertiary/aromatic N) is 2. The summed E-state index contributed by atoms with van der Waals surface area (Å²) in [6.45, 7) is 4.96. The largest absolute Gasteiger partial charge is 0.478 e. The number of carbonyl (C=O) groups is 1. The first-order valence-corrected chi connectivity index (χ1v) is 5.39. The van der Waals surface area contributed by atoms with Gasteiger partial charge in [0, 0.05) is 19.6 Å². The van der Waals surface area contributed by atoms with Gasteiger partial charge in [-0.3, -0.25) is 4.68 Å². The molecule has 1 aromatic heterocycles. The predicted molar refractivity (Wildman–Crippen MR) is 59.2 cm³/mol. The molecule has 88 valence electrons. The molecular weight excluding hydrogens is 206 g/mol. The van der Waals surface area contributed by atoms with Gasteiger partial charge in [-0.05, 0) is 11.8 Å². The lowest BCUT2D eigenvalue weighted by molar-refractivity contribution is 0.0695. The van der Waals surface area contributed by atoms with E-state index >= 15 is 0 Å². The van der Waals surface area contributed by atoms with E-state index < -0.39 is 5.97 Å². The van der Waals surface area contributed by atoms with Crippen LogP contribution in [0.5, 0.6) is 0 Å². The maximum absolute atomic E-state index is 10.9. The first-order chi connectivity index (χ1) is 7.42. The van der Waals surface area contributed by atoms with Gasteiger partial charge in [-0.25, -0.2) is 4.79 Å². The van der Waals surface area contributed by atoms with Crippen molar-refractivity contribution in [1.29, 1.82) is 0 Å². The van der Waals surface area contributed by atoms with Crippen molar-refractivity contribution in [2.24, 2.45) is 12.5 Å². The molecule has 1 heterocycles. The number of hydrogen-bond donors (Lipinski definition) is 2. The van der Waals surface area contributed by atoms with Gasteiger partial charge in [-0.1, -0.05) is 13.8 Å². The normalized spacial score (nSPS) is 22.1. The van der Waals surface area contributed by atoms with Gasteiger partial charge in [0.1, 0.15) is 5.56 Å². The van der Waals surface area contributed by atoms with Crippen molar-refractivity contribution in [3.63, 3.8) is 0 Å². The zero-order valence-corrected chi connectivity index (χ0v) is 9.82. The number of carboxylic acids is 1. The van der Waals surface area contributed by atoms with Crippen molar-refractivity contribution >= 4 is 5.97 Å². The summed E-state index contributed by atoms with van der Waals surface area (Å²) in [7, 11) is 1.77. The molecule has 0 aliphatic heterocycles. The predicted octanol–water partition coefficient (Wildman–Crippen LogP) is 1.01. The zero-order chi connectivity index (χ0) is 11.9. The van der Waals surface area contributed by atoms with Gasteiger partial charge in [0.25, 0.3) is 0 Å². The lowest BCUT2D eigenvalue weighted by atomic mass is 10.2. The van der Waals surface area contributed by atoms with Crippen LogP contribution < -0.4 is 5.32 Å². The minimum atomic E-state index is -0.917. The van der Waals surface area contributed by atoms with Crippen LogP contribution in [0, 0.1) is 5.41 Å². The van der Waals surface area contributed by atoms with E-state index in [0.717, 1.165) is 12.1 Å². The highest BCUT2D eigenvalue weighted by atomic mass is 16.4. The molecule has 1 saturated carbocycles. The maximum atomic E-state index is 10.9. The molecule has 2 rings (SSSR count). The Morgan fingerprint density at radius 3 is 2.88 bits per heavy atom. The van der Waals surface area contributed by atoms with Crippen molar-refractivity contribution in [3.05, 3.63) is 17.5 Å². The molecule has 1 fully saturated rings. The van der Waals surface area contributed by atoms with Gasteiger partial charge in [-0.2, -0.15) is 5.10 Å². The summed E-state index contributed by atoms with van der Waals surface area (Å²) in [4.78, 5) is 10.9. The zero-order valence-electron chi connectivity index (χ0n) is 9.82. The van der Waals surface area contributed by atoms with Crippen LogP contribution in [-0.4, -0.2) is 26.9 Å². The van der Waals surface area contributed by atoms with E-state index in [0.29, 0.717) is 18.0 Å². The summed E-state index contributed by atoms with van der Waals surface area (Å²) >= 11 is 0. The van der Waals surface area contributed by atoms with Gasteiger partial charge < -0.3 is 10.4 Å². The molecule has 0 aromatic carbocycles. The Hall–Kier alpha value is -1.36. The van der Waals surface area contributed by atoms with E-state index in [1.807, 2.05) is 0 Å². The summed E-state index contributed by atoms with van der Waals surface area (Å²) < 4.78 is 1.62. The van der Waals surface area contributed by atoms with Crippen LogP contribution in [0.4, 0.5) is 0 Å². The summed E-state index contributed by atoms with van der Waals surface area (Å²) in [6.07, 6.45) is 2.55. The third-order valence-electron chi connectivity index (χ3n) is 3.32. The number of rotatable bonds is 4. The summed E-state index contributed by atoms with van der Waals surface area (Å²) in [6, 6.07) is 0.490. The molecule has 1 aliphatic carbocycles. The molecule has 5 nitrogen and oxygen atoms in total. The Kier molecular flexibility index (Phi) is 2.50. The van der Waals surface area contributed by atoms with Crippen LogP contribution in [0.2, 0.25) is 0 Å². The average molecular weight is 223 g/mol. The quantitative estimate of drug-likeness (QED) is 0.799. The molecule has 0 radical (unpaired) electrons. The molecule has 1 aliphatic rings. The molecule has 1 aromatic rings. The lowest BCUT2D eigenvalue weighted by Gasteiger charge is -2.07. The first-order valence-electron chi connectivity index (χ1n) is 5.39. The van der Waals surface area contributed by atoms with Crippen molar-refractivity contribution in [3.8, 4) is 0 Å². The Morgan fingerprint density at radius 2 is 2.38 bits per heavy atom. The smallest absolute Gasteiger partial charge is 0.339 e. The van der Waals surface area contributed by atoms with Crippen LogP contribution in [0.25, 0.3) is 0 Å². The molecule has 1 unspecified atom stereocenters. The van der Waals surface area contributed by atoms with Gasteiger partial charge in [0.2, 0.25) is 0 Å². The molecule has 0 amide bonds. The van der Waals surface area contributed by atoms with E-state index in [2.05, 4.69) is 24.3 Å². The van der Waals surface area contributed by atoms with Crippen LogP contribution in [0.1, 0.15) is 36.3 Å². The van der Waals surface area contributed by atoms with Gasteiger partial charge >= 0.3 is 5.97 Å². The van der Waals surface area contributed by atoms with Crippen LogP contribution in [0.3, 0.4) is 0 Å². The molecule has 0 saturated heterocycles. The Morgan fingerprint density at radius 1 is 1.75 bits per heavy atom. The molecule has 2 N–H and O–H groups in total. The van der Waals surface area contributed by atoms with E-state index in [4.69, 9.17) is 5.11 Å². The van der Waals surface area contributed by atoms with Crippen molar-refractivity contribution in [2.45, 2.75) is 32.9 Å². The van der Waals surface area contributed by atoms with Gasteiger partial charge in [-0.15, -0.1) is 0 Å². The first kappa shape index (κ1) is 11.1. The molecular formula is C11H17N3O2. The topological polar surface area (TPSA) is 67.2 Å². The van der Waals surface area contributed by atoms with Crippen molar-refractivity contribution in [2.75, 3.05) is 0 Å². The fraction of sp³-hybridized carbons (Fsp3) is 0.636. The third kappa shape index (κ3) is 1.95. The number of nitrogens with one attached hydrogen (secondary N) is 1. The van der Waals surface area contributed by atoms with Crippen LogP contribution in [-0.2, 0) is 13.6 Å². The van der Waals surface area contributed by atoms with Crippen molar-refractivity contribution < 1.29 is 9.90 Å². The van der Waals surface area contributed by atoms with E-state index in [1.165, 1.54) is 6.20 Å². The lowest BCUT2D eigenvalue weighted by Crippen LogP contribution is -2.22. The number of aromatic carboxylic acids is 1. The standard InChI is InChI=1S/C11H17N3O2/c1-11(2)4-9(11)12-6-8-7(10(15)16)5-13-14(8)3/h5,9,12H,4,6H2,1-3H3,(H,15,16). The molecule has 16 heavy (non-hydrogen) atoms. The summed E-state index contributed by atoms with van der Waals surface area (Å²) in [5.74, 6) is -0.917. The molecule has 1 atom stereocenters. The number of hydrogen-bond acceptors (Lipinski definition) is 3. The SMILES string of the molecule is Cn1ncc(C(=O)O)c1CNC1CC1(C)C. The Labute approximate surface area is 94.5 Å². The minimum absolute atomic E-state index is 0.286. The van der Waals surface area contributed by atoms with E-state index in [-0.39, 0.29) is 5.56 Å². The third-order valence-corrected chi connectivity index (χ3v) is 3.32. The average Bonchev–Trinajstić information content (AvgIpc) is 2.62. The second-order valence-electron chi connectivity index (χ2n) is 5.06. The highest BCUT2D eigenvalue weighted by molar-refractivity contribution is 5.88. The highest BCUT2D eigenvalue weighted by Gasteiger charge is 2.45. The van der Waals surface area contributed by atoms with Crippen LogP contribution in [0.15, 0.2) is 6.20 Å². The van der Waals surface area contributed by atoms with Crippen molar-refractivity contribution in [1.82, 2.24) is 15.1 Å². The van der Waals surface area contributed by atoms with Crippen LogP contribution >= 0.6 is 0 Å². The molecule has 0 bridgehead atoms. The number of aryl methyl sites for hydroxylation is 1. The summed E-state index contributed by atoms with van der Waals surface area (Å²) in [5.41, 5.74) is 1.37. The summed E-state index contributed by atoms with van der Waals surface area (Å²) in [5, 5.41) is 16.3. The number of carboxylic acid groups (broad SMARTS) is 1. The maximum Gasteiger partial charge on any atom is 0.339 e. The second kappa shape index (κ2) is 3.59. The van der Waals surface area contributed by atoms with E-state index in [9.17, 15) is 4.79 Å². The Balaban J connectivity index is 2.04. The van der Waals surface area contributed by atoms with E-state index in [1.54, 1.807) is 11.7 Å². The molecule has 0 spiro atoms. The van der Waals surface area contributed by atoms with Gasteiger partial charge in [0.05, 0.1) is 11.9 Å². The monoisotopic (exact) mass is 223 g/mol. The second-order valence-corrected chi connectivity index (χ2v) is 5.06. The number of aromatic nitrogens is 2. The Bertz CT molecular complexity index is 423. The fourth-order valence-electron chi connectivity index (χ4n) is 1.89. The highest BCUT2D eigenvalue weighted by Crippen LogP contribution is 2.44. The molecule has 5 heteroatoms.